The van der Waals surface area contributed by atoms with Gasteiger partial charge in [-0.3, -0.25) is 9.59 Å². The molecule has 0 radical (unpaired) electrons. The van der Waals surface area contributed by atoms with Crippen LogP contribution >= 0.6 is 0 Å². The SMILES string of the molecule is CC(=O)c1ccc(NC(=O)c2cn(-c3ccccc3C(F)(F)F)nn2)cc1. The van der Waals surface area contributed by atoms with Gasteiger partial charge in [-0.2, -0.15) is 13.2 Å². The number of benzene rings is 2. The van der Waals surface area contributed by atoms with E-state index in [1.54, 1.807) is 12.1 Å². The average Bonchev–Trinajstić information content (AvgIpc) is 3.11. The molecule has 0 saturated heterocycles. The number of alkyl halides is 3. The molecule has 3 aromatic rings. The van der Waals surface area contributed by atoms with Gasteiger partial charge in [-0.15, -0.1) is 5.10 Å². The number of para-hydroxylation sites is 1. The topological polar surface area (TPSA) is 76.9 Å². The van der Waals surface area contributed by atoms with Gasteiger partial charge in [0.05, 0.1) is 17.4 Å². The van der Waals surface area contributed by atoms with Crippen molar-refractivity contribution in [3.8, 4) is 5.69 Å². The van der Waals surface area contributed by atoms with E-state index in [1.165, 1.54) is 37.3 Å². The van der Waals surface area contributed by atoms with Crippen molar-refractivity contribution in [3.05, 3.63) is 71.5 Å². The molecule has 6 nitrogen and oxygen atoms in total. The minimum absolute atomic E-state index is 0.112. The van der Waals surface area contributed by atoms with Crippen LogP contribution in [0.5, 0.6) is 0 Å². The molecular weight excluding hydrogens is 361 g/mol. The molecule has 0 unspecified atom stereocenters. The number of carbonyl (C=O) groups is 2. The number of nitrogens with zero attached hydrogens (tertiary/aromatic N) is 3. The van der Waals surface area contributed by atoms with Gasteiger partial charge in [-0.25, -0.2) is 4.68 Å². The van der Waals surface area contributed by atoms with Crippen LogP contribution in [0.1, 0.15) is 33.3 Å². The highest BCUT2D eigenvalue weighted by molar-refractivity contribution is 6.03. The van der Waals surface area contributed by atoms with Crippen molar-refractivity contribution in [3.63, 3.8) is 0 Å². The van der Waals surface area contributed by atoms with Gasteiger partial charge in [-0.05, 0) is 43.3 Å². The molecular formula is C18H13F3N4O2. The Balaban J connectivity index is 1.82. The van der Waals surface area contributed by atoms with Crippen LogP contribution in [0.15, 0.2) is 54.7 Å². The van der Waals surface area contributed by atoms with Gasteiger partial charge in [0.2, 0.25) is 0 Å². The van der Waals surface area contributed by atoms with Crippen molar-refractivity contribution in [2.45, 2.75) is 13.1 Å². The number of anilines is 1. The van der Waals surface area contributed by atoms with Crippen LogP contribution in [-0.2, 0) is 6.18 Å². The van der Waals surface area contributed by atoms with Crippen LogP contribution in [0, 0.1) is 0 Å². The number of aromatic nitrogens is 3. The largest absolute Gasteiger partial charge is 0.418 e. The maximum atomic E-state index is 13.1. The maximum Gasteiger partial charge on any atom is 0.418 e. The second-order valence-electron chi connectivity index (χ2n) is 5.65. The minimum Gasteiger partial charge on any atom is -0.321 e. The number of ketones is 1. The number of rotatable bonds is 4. The first-order valence-corrected chi connectivity index (χ1v) is 7.77. The maximum absolute atomic E-state index is 13.1. The van der Waals surface area contributed by atoms with Crippen molar-refractivity contribution < 1.29 is 22.8 Å². The molecule has 0 saturated carbocycles. The second kappa shape index (κ2) is 7.02. The van der Waals surface area contributed by atoms with Gasteiger partial charge in [0.15, 0.2) is 11.5 Å². The number of nitrogens with one attached hydrogen (secondary N) is 1. The summed E-state index contributed by atoms with van der Waals surface area (Å²) >= 11 is 0. The summed E-state index contributed by atoms with van der Waals surface area (Å²) in [5.74, 6) is -0.750. The number of hydrogen-bond acceptors (Lipinski definition) is 4. The molecule has 27 heavy (non-hydrogen) atoms. The molecule has 0 fully saturated rings. The predicted octanol–water partition coefficient (Wildman–Crippen LogP) is 3.74. The number of amides is 1. The summed E-state index contributed by atoms with van der Waals surface area (Å²) < 4.78 is 40.2. The molecule has 0 aliphatic rings. The van der Waals surface area contributed by atoms with E-state index in [2.05, 4.69) is 15.6 Å². The van der Waals surface area contributed by atoms with E-state index in [1.807, 2.05) is 0 Å². The van der Waals surface area contributed by atoms with Gasteiger partial charge in [0, 0.05) is 11.3 Å². The van der Waals surface area contributed by atoms with Crippen LogP contribution in [-0.4, -0.2) is 26.7 Å². The van der Waals surface area contributed by atoms with Crippen LogP contribution in [0.2, 0.25) is 0 Å². The zero-order valence-corrected chi connectivity index (χ0v) is 14.0. The third-order valence-corrected chi connectivity index (χ3v) is 3.73. The number of Topliss-reactive ketones (excluding diaryl/α,β-unsaturated/α-hetero) is 1. The Kier molecular flexibility index (Phi) is 4.76. The molecule has 0 aliphatic heterocycles. The highest BCUT2D eigenvalue weighted by Crippen LogP contribution is 2.33. The van der Waals surface area contributed by atoms with Gasteiger partial charge in [0.25, 0.3) is 5.91 Å². The van der Waals surface area contributed by atoms with E-state index in [4.69, 9.17) is 0 Å². The summed E-state index contributed by atoms with van der Waals surface area (Å²) in [6.07, 6.45) is -3.45. The zero-order valence-electron chi connectivity index (χ0n) is 14.0. The third kappa shape index (κ3) is 4.02. The summed E-state index contributed by atoms with van der Waals surface area (Å²) in [5, 5.41) is 9.80. The molecule has 0 bridgehead atoms. The van der Waals surface area contributed by atoms with Crippen LogP contribution in [0.25, 0.3) is 5.69 Å². The Bertz CT molecular complexity index is 994. The van der Waals surface area contributed by atoms with E-state index >= 15 is 0 Å². The lowest BCUT2D eigenvalue weighted by molar-refractivity contribution is -0.137. The van der Waals surface area contributed by atoms with Crippen LogP contribution in [0.4, 0.5) is 18.9 Å². The van der Waals surface area contributed by atoms with Crippen LogP contribution < -0.4 is 5.32 Å². The molecule has 2 aromatic carbocycles. The van der Waals surface area contributed by atoms with Gasteiger partial charge in [-0.1, -0.05) is 17.3 Å². The van der Waals surface area contributed by atoms with E-state index in [9.17, 15) is 22.8 Å². The normalized spacial score (nSPS) is 11.3. The standard InChI is InChI=1S/C18H13F3N4O2/c1-11(26)12-6-8-13(9-7-12)22-17(27)15-10-25(24-23-15)16-5-3-2-4-14(16)18(19,20)21/h2-10H,1H3,(H,22,27). The Morgan fingerprint density at radius 3 is 2.33 bits per heavy atom. The molecule has 1 amide bonds. The van der Waals surface area contributed by atoms with Crippen LogP contribution in [0.3, 0.4) is 0 Å². The van der Waals surface area contributed by atoms with Gasteiger partial charge in [0.1, 0.15) is 0 Å². The fourth-order valence-corrected chi connectivity index (χ4v) is 2.38. The Hall–Kier alpha value is -3.49. The summed E-state index contributed by atoms with van der Waals surface area (Å²) in [6.45, 7) is 1.42. The monoisotopic (exact) mass is 374 g/mol. The summed E-state index contributed by atoms with van der Waals surface area (Å²) in [7, 11) is 0. The van der Waals surface area contributed by atoms with Gasteiger partial charge < -0.3 is 5.32 Å². The fraction of sp³-hybridized carbons (Fsp3) is 0.111. The van der Waals surface area contributed by atoms with Crippen molar-refractivity contribution in [1.29, 1.82) is 0 Å². The van der Waals surface area contributed by atoms with E-state index in [0.717, 1.165) is 16.9 Å². The molecule has 138 valence electrons. The lowest BCUT2D eigenvalue weighted by Crippen LogP contribution is -2.12. The fourth-order valence-electron chi connectivity index (χ4n) is 2.38. The molecule has 0 atom stereocenters. The second-order valence-corrected chi connectivity index (χ2v) is 5.65. The smallest absolute Gasteiger partial charge is 0.321 e. The first-order valence-electron chi connectivity index (χ1n) is 7.77. The van der Waals surface area contributed by atoms with Crippen molar-refractivity contribution >= 4 is 17.4 Å². The highest BCUT2D eigenvalue weighted by atomic mass is 19.4. The summed E-state index contributed by atoms with van der Waals surface area (Å²) in [5.41, 5.74) is -0.371. The zero-order chi connectivity index (χ0) is 19.6. The van der Waals surface area contributed by atoms with E-state index < -0.39 is 17.6 Å². The molecule has 1 aromatic heterocycles. The molecule has 9 heteroatoms. The van der Waals surface area contributed by atoms with Gasteiger partial charge >= 0.3 is 6.18 Å². The Labute approximate surface area is 151 Å². The Morgan fingerprint density at radius 2 is 1.70 bits per heavy atom. The summed E-state index contributed by atoms with van der Waals surface area (Å²) in [4.78, 5) is 23.5. The molecule has 3 rings (SSSR count). The van der Waals surface area contributed by atoms with Crippen molar-refractivity contribution in [1.82, 2.24) is 15.0 Å². The van der Waals surface area contributed by atoms with Crippen molar-refractivity contribution in [2.75, 3.05) is 5.32 Å². The van der Waals surface area contributed by atoms with E-state index in [0.29, 0.717) is 11.3 Å². The Morgan fingerprint density at radius 1 is 1.04 bits per heavy atom. The van der Waals surface area contributed by atoms with E-state index in [-0.39, 0.29) is 17.2 Å². The molecule has 0 spiro atoms. The lowest BCUT2D eigenvalue weighted by atomic mass is 10.1. The first kappa shape index (κ1) is 18.3. The number of hydrogen-bond donors (Lipinski definition) is 1. The average molecular weight is 374 g/mol. The summed E-state index contributed by atoms with van der Waals surface area (Å²) in [6, 6.07) is 11.0. The lowest BCUT2D eigenvalue weighted by Gasteiger charge is -2.11. The highest BCUT2D eigenvalue weighted by Gasteiger charge is 2.34. The number of halogens is 3. The first-order chi connectivity index (χ1) is 12.8. The minimum atomic E-state index is -4.57. The third-order valence-electron chi connectivity index (χ3n) is 3.73. The quantitative estimate of drug-likeness (QED) is 0.706. The molecule has 0 aliphatic carbocycles. The van der Waals surface area contributed by atoms with Crippen molar-refractivity contribution in [2.24, 2.45) is 0 Å². The molecule has 1 heterocycles. The molecule has 1 N–H and O–H groups in total. The number of carbonyl (C=O) groups excluding carboxylic acids is 2. The predicted molar refractivity (Wildman–Crippen MR) is 90.8 cm³/mol.